The molecule has 2 rings (SSSR count). The van der Waals surface area contributed by atoms with E-state index in [0.717, 1.165) is 5.00 Å². The van der Waals surface area contributed by atoms with Crippen molar-refractivity contribution in [3.8, 4) is 0 Å². The van der Waals surface area contributed by atoms with Crippen LogP contribution in [-0.4, -0.2) is 22.5 Å². The Kier molecular flexibility index (Phi) is 4.16. The Bertz CT molecular complexity index is 576. The molecule has 2 aromatic rings. The Balaban J connectivity index is 1.91. The molecule has 19 heavy (non-hydrogen) atoms. The van der Waals surface area contributed by atoms with Gasteiger partial charge in [0.2, 0.25) is 5.89 Å². The van der Waals surface area contributed by atoms with Gasteiger partial charge in [-0.1, -0.05) is 12.1 Å². The molecule has 2 aromatic heterocycles. The largest absolute Gasteiger partial charge is 0.397 e. The Morgan fingerprint density at radius 2 is 2.37 bits per heavy atom. The number of aromatic nitrogens is 2. The summed E-state index contributed by atoms with van der Waals surface area (Å²) < 4.78 is 5.01. The molecule has 2 heterocycles. The molecule has 0 aliphatic heterocycles. The van der Waals surface area contributed by atoms with E-state index in [-0.39, 0.29) is 5.78 Å². The minimum Gasteiger partial charge on any atom is -0.397 e. The van der Waals surface area contributed by atoms with Crippen molar-refractivity contribution in [2.24, 2.45) is 0 Å². The molecule has 0 fully saturated rings. The number of carbonyl (C=O) groups is 1. The Hall–Kier alpha value is -1.89. The molecule has 0 atom stereocenters. The van der Waals surface area contributed by atoms with Gasteiger partial charge >= 0.3 is 0 Å². The third-order valence-corrected chi connectivity index (χ3v) is 3.69. The molecule has 0 spiro atoms. The summed E-state index contributed by atoms with van der Waals surface area (Å²) in [6.45, 7) is 4.26. The van der Waals surface area contributed by atoms with Crippen LogP contribution in [0.25, 0.3) is 0 Å². The van der Waals surface area contributed by atoms with Crippen molar-refractivity contribution in [2.45, 2.75) is 26.7 Å². The molecule has 0 radical (unpaired) electrons. The SMILES string of the molecule is CCC(=O)c1sc(NCCc2nc(C)no2)cc1N. The number of hydrogen-bond acceptors (Lipinski definition) is 7. The van der Waals surface area contributed by atoms with Crippen molar-refractivity contribution in [3.05, 3.63) is 22.7 Å². The molecular formula is C12H16N4O2S. The lowest BCUT2D eigenvalue weighted by atomic mass is 10.2. The number of Topliss-reactive ketones (excluding diaryl/α,β-unsaturated/α-hetero) is 1. The van der Waals surface area contributed by atoms with Crippen LogP contribution in [0.5, 0.6) is 0 Å². The molecule has 0 bridgehead atoms. The number of ketones is 1. The monoisotopic (exact) mass is 280 g/mol. The normalized spacial score (nSPS) is 10.6. The van der Waals surface area contributed by atoms with Crippen LogP contribution >= 0.6 is 11.3 Å². The third kappa shape index (κ3) is 3.31. The lowest BCUT2D eigenvalue weighted by Crippen LogP contribution is -2.03. The summed E-state index contributed by atoms with van der Waals surface area (Å²) in [6, 6.07) is 1.78. The first-order valence-electron chi connectivity index (χ1n) is 6.05. The van der Waals surface area contributed by atoms with Gasteiger partial charge in [0.05, 0.1) is 15.6 Å². The van der Waals surface area contributed by atoms with E-state index in [1.54, 1.807) is 13.0 Å². The van der Waals surface area contributed by atoms with Crippen LogP contribution in [0.3, 0.4) is 0 Å². The average Bonchev–Trinajstić information content (AvgIpc) is 2.95. The van der Waals surface area contributed by atoms with E-state index in [0.29, 0.717) is 41.7 Å². The van der Waals surface area contributed by atoms with E-state index < -0.39 is 0 Å². The second kappa shape index (κ2) is 5.83. The van der Waals surface area contributed by atoms with E-state index in [2.05, 4.69) is 15.5 Å². The zero-order valence-electron chi connectivity index (χ0n) is 10.9. The van der Waals surface area contributed by atoms with Gasteiger partial charge < -0.3 is 15.6 Å². The first kappa shape index (κ1) is 13.5. The fourth-order valence-corrected chi connectivity index (χ4v) is 2.62. The summed E-state index contributed by atoms with van der Waals surface area (Å²) in [7, 11) is 0. The molecule has 0 aliphatic rings. The van der Waals surface area contributed by atoms with Gasteiger partial charge in [-0.15, -0.1) is 11.3 Å². The lowest BCUT2D eigenvalue weighted by Gasteiger charge is -1.99. The van der Waals surface area contributed by atoms with Crippen LogP contribution in [0.4, 0.5) is 10.7 Å². The molecule has 0 amide bonds. The van der Waals surface area contributed by atoms with Gasteiger partial charge in [-0.25, -0.2) is 0 Å². The first-order chi connectivity index (χ1) is 9.10. The van der Waals surface area contributed by atoms with Crippen LogP contribution in [0.1, 0.15) is 34.7 Å². The number of nitrogens with one attached hydrogen (secondary N) is 1. The molecule has 6 nitrogen and oxygen atoms in total. The second-order valence-electron chi connectivity index (χ2n) is 4.08. The highest BCUT2D eigenvalue weighted by Crippen LogP contribution is 2.30. The molecule has 7 heteroatoms. The van der Waals surface area contributed by atoms with Gasteiger partial charge in [-0.2, -0.15) is 4.98 Å². The van der Waals surface area contributed by atoms with Crippen molar-refractivity contribution >= 4 is 27.8 Å². The van der Waals surface area contributed by atoms with E-state index >= 15 is 0 Å². The van der Waals surface area contributed by atoms with E-state index in [9.17, 15) is 4.79 Å². The summed E-state index contributed by atoms with van der Waals surface area (Å²) in [4.78, 5) is 16.4. The van der Waals surface area contributed by atoms with Crippen molar-refractivity contribution < 1.29 is 9.32 Å². The number of anilines is 2. The maximum atomic E-state index is 11.6. The Morgan fingerprint density at radius 1 is 1.58 bits per heavy atom. The third-order valence-electron chi connectivity index (χ3n) is 2.54. The van der Waals surface area contributed by atoms with Gasteiger partial charge in [0.15, 0.2) is 11.6 Å². The maximum absolute atomic E-state index is 11.6. The van der Waals surface area contributed by atoms with Crippen LogP contribution < -0.4 is 11.1 Å². The highest BCUT2D eigenvalue weighted by Gasteiger charge is 2.12. The highest BCUT2D eigenvalue weighted by molar-refractivity contribution is 7.18. The molecule has 102 valence electrons. The zero-order chi connectivity index (χ0) is 13.8. The minimum absolute atomic E-state index is 0.0723. The van der Waals surface area contributed by atoms with E-state index in [1.165, 1.54) is 11.3 Å². The molecule has 0 unspecified atom stereocenters. The van der Waals surface area contributed by atoms with Crippen LogP contribution in [0.2, 0.25) is 0 Å². The van der Waals surface area contributed by atoms with Crippen molar-refractivity contribution in [1.82, 2.24) is 10.1 Å². The van der Waals surface area contributed by atoms with Crippen LogP contribution in [-0.2, 0) is 6.42 Å². The van der Waals surface area contributed by atoms with E-state index in [4.69, 9.17) is 10.3 Å². The summed E-state index contributed by atoms with van der Waals surface area (Å²) in [5, 5.41) is 7.80. The highest BCUT2D eigenvalue weighted by atomic mass is 32.1. The molecule has 0 saturated carbocycles. The number of carbonyl (C=O) groups excluding carboxylic acids is 1. The van der Waals surface area contributed by atoms with Gasteiger partial charge in [0, 0.05) is 19.4 Å². The zero-order valence-corrected chi connectivity index (χ0v) is 11.7. The number of thiophene rings is 1. The molecular weight excluding hydrogens is 264 g/mol. The average molecular weight is 280 g/mol. The topological polar surface area (TPSA) is 94.0 Å². The number of nitrogen functional groups attached to an aromatic ring is 1. The second-order valence-corrected chi connectivity index (χ2v) is 5.14. The standard InChI is InChI=1S/C12H16N4O2S/c1-3-9(17)12-8(13)6-11(19-12)14-5-4-10-15-7(2)16-18-10/h6,14H,3-5,13H2,1-2H3. The van der Waals surface area contributed by atoms with Gasteiger partial charge in [-0.05, 0) is 13.0 Å². The summed E-state index contributed by atoms with van der Waals surface area (Å²) in [5.41, 5.74) is 6.35. The first-order valence-corrected chi connectivity index (χ1v) is 6.87. The molecule has 3 N–H and O–H groups in total. The maximum Gasteiger partial charge on any atom is 0.228 e. The smallest absolute Gasteiger partial charge is 0.228 e. The fraction of sp³-hybridized carbons (Fsp3) is 0.417. The molecule has 0 aromatic carbocycles. The van der Waals surface area contributed by atoms with Gasteiger partial charge in [0.1, 0.15) is 0 Å². The number of rotatable bonds is 6. The number of nitrogens with zero attached hydrogens (tertiary/aromatic N) is 2. The summed E-state index contributed by atoms with van der Waals surface area (Å²) in [6.07, 6.45) is 1.10. The lowest BCUT2D eigenvalue weighted by molar-refractivity contribution is 0.0993. The van der Waals surface area contributed by atoms with Crippen LogP contribution in [0.15, 0.2) is 10.6 Å². The Morgan fingerprint density at radius 3 is 3.00 bits per heavy atom. The van der Waals surface area contributed by atoms with Gasteiger partial charge in [0.25, 0.3) is 0 Å². The predicted molar refractivity (Wildman–Crippen MR) is 74.6 cm³/mol. The van der Waals surface area contributed by atoms with Crippen LogP contribution in [0, 0.1) is 6.92 Å². The van der Waals surface area contributed by atoms with Crippen molar-refractivity contribution in [3.63, 3.8) is 0 Å². The van der Waals surface area contributed by atoms with E-state index in [1.807, 2.05) is 6.92 Å². The molecule has 0 saturated heterocycles. The minimum atomic E-state index is 0.0723. The number of nitrogens with two attached hydrogens (primary N) is 1. The fourth-order valence-electron chi connectivity index (χ4n) is 1.60. The number of aryl methyl sites for hydroxylation is 1. The molecule has 0 aliphatic carbocycles. The number of hydrogen-bond donors (Lipinski definition) is 2. The predicted octanol–water partition coefficient (Wildman–Crippen LogP) is 2.27. The van der Waals surface area contributed by atoms with Gasteiger partial charge in [-0.3, -0.25) is 4.79 Å². The quantitative estimate of drug-likeness (QED) is 0.788. The summed E-state index contributed by atoms with van der Waals surface area (Å²) >= 11 is 1.38. The Labute approximate surface area is 115 Å². The van der Waals surface area contributed by atoms with Crippen molar-refractivity contribution in [1.29, 1.82) is 0 Å². The summed E-state index contributed by atoms with van der Waals surface area (Å²) in [5.74, 6) is 1.30. The van der Waals surface area contributed by atoms with Crippen molar-refractivity contribution in [2.75, 3.05) is 17.6 Å².